The average molecular weight is 328 g/mol. The summed E-state index contributed by atoms with van der Waals surface area (Å²) in [6.07, 6.45) is 4.42. The van der Waals surface area contributed by atoms with Crippen molar-refractivity contribution in [1.82, 2.24) is 10.2 Å². The predicted molar refractivity (Wildman–Crippen MR) is 89.2 cm³/mol. The van der Waals surface area contributed by atoms with Crippen LogP contribution in [0.3, 0.4) is 0 Å². The normalized spacial score (nSPS) is 25.7. The van der Waals surface area contributed by atoms with Crippen LogP contribution in [0.5, 0.6) is 0 Å². The lowest BCUT2D eigenvalue weighted by molar-refractivity contribution is 0.0650. The maximum absolute atomic E-state index is 13.0. The van der Waals surface area contributed by atoms with E-state index >= 15 is 0 Å². The van der Waals surface area contributed by atoms with Gasteiger partial charge in [-0.2, -0.15) is 0 Å². The smallest absolute Gasteiger partial charge is 0.289 e. The van der Waals surface area contributed by atoms with E-state index in [1.54, 1.807) is 24.3 Å². The second-order valence-corrected chi connectivity index (χ2v) is 6.85. The molecule has 1 aromatic heterocycles. The second kappa shape index (κ2) is 6.06. The molecule has 1 aromatic carbocycles. The SMILES string of the molecule is CN(C(=O)c1ccc(-c2ccc(F)cc2)o1)C1CC2CCC(C1)N2. The number of fused-ring (bicyclic) bond motifs is 2. The third-order valence-corrected chi connectivity index (χ3v) is 5.26. The van der Waals surface area contributed by atoms with Gasteiger partial charge >= 0.3 is 0 Å². The van der Waals surface area contributed by atoms with E-state index in [-0.39, 0.29) is 17.8 Å². The predicted octanol–water partition coefficient (Wildman–Crippen LogP) is 3.44. The number of nitrogens with one attached hydrogen (secondary N) is 1. The quantitative estimate of drug-likeness (QED) is 0.939. The van der Waals surface area contributed by atoms with Gasteiger partial charge in [-0.1, -0.05) is 0 Å². The molecule has 0 saturated carbocycles. The Kier molecular flexibility index (Phi) is 3.88. The Morgan fingerprint density at radius 1 is 1.12 bits per heavy atom. The highest BCUT2D eigenvalue weighted by Crippen LogP contribution is 2.30. The van der Waals surface area contributed by atoms with Crippen molar-refractivity contribution in [2.24, 2.45) is 0 Å². The van der Waals surface area contributed by atoms with Gasteiger partial charge in [0, 0.05) is 30.7 Å². The van der Waals surface area contributed by atoms with Gasteiger partial charge in [0.25, 0.3) is 5.91 Å². The highest BCUT2D eigenvalue weighted by atomic mass is 19.1. The molecular weight excluding hydrogens is 307 g/mol. The Balaban J connectivity index is 1.49. The molecule has 1 amide bonds. The van der Waals surface area contributed by atoms with Crippen molar-refractivity contribution < 1.29 is 13.6 Å². The van der Waals surface area contributed by atoms with Crippen LogP contribution < -0.4 is 5.32 Å². The minimum Gasteiger partial charge on any atom is -0.451 e. The third kappa shape index (κ3) is 2.84. The zero-order valence-electron chi connectivity index (χ0n) is 13.7. The summed E-state index contributed by atoms with van der Waals surface area (Å²) in [5.41, 5.74) is 0.762. The van der Waals surface area contributed by atoms with E-state index in [2.05, 4.69) is 5.32 Å². The first-order valence-corrected chi connectivity index (χ1v) is 8.49. The number of furan rings is 1. The summed E-state index contributed by atoms with van der Waals surface area (Å²) in [6, 6.07) is 10.9. The molecule has 5 heteroatoms. The zero-order chi connectivity index (χ0) is 16.7. The molecule has 2 saturated heterocycles. The number of benzene rings is 1. The molecule has 2 atom stereocenters. The molecular formula is C19H21FN2O2. The number of amides is 1. The van der Waals surface area contributed by atoms with Gasteiger partial charge in [-0.25, -0.2) is 4.39 Å². The first kappa shape index (κ1) is 15.4. The van der Waals surface area contributed by atoms with Gasteiger partial charge in [0.05, 0.1) is 0 Å². The Morgan fingerprint density at radius 2 is 1.79 bits per heavy atom. The number of carbonyl (C=O) groups excluding carboxylic acids is 1. The average Bonchev–Trinajstić information content (AvgIpc) is 3.21. The molecule has 2 aromatic rings. The monoisotopic (exact) mass is 328 g/mol. The van der Waals surface area contributed by atoms with Crippen LogP contribution in [0.25, 0.3) is 11.3 Å². The summed E-state index contributed by atoms with van der Waals surface area (Å²) in [7, 11) is 1.86. The lowest BCUT2D eigenvalue weighted by Crippen LogP contribution is -2.48. The third-order valence-electron chi connectivity index (χ3n) is 5.26. The van der Waals surface area contributed by atoms with Crippen molar-refractivity contribution in [1.29, 1.82) is 0 Å². The molecule has 0 radical (unpaired) electrons. The van der Waals surface area contributed by atoms with Gasteiger partial charge in [-0.3, -0.25) is 4.79 Å². The fourth-order valence-electron chi connectivity index (χ4n) is 3.91. The highest BCUT2D eigenvalue weighted by Gasteiger charge is 2.37. The molecule has 2 fully saturated rings. The van der Waals surface area contributed by atoms with Gasteiger partial charge in [-0.15, -0.1) is 0 Å². The van der Waals surface area contributed by atoms with Gasteiger partial charge in [0.2, 0.25) is 0 Å². The van der Waals surface area contributed by atoms with E-state index in [4.69, 9.17) is 4.42 Å². The summed E-state index contributed by atoms with van der Waals surface area (Å²) < 4.78 is 18.7. The summed E-state index contributed by atoms with van der Waals surface area (Å²) in [5, 5.41) is 3.59. The highest BCUT2D eigenvalue weighted by molar-refractivity contribution is 5.92. The van der Waals surface area contributed by atoms with Gasteiger partial charge < -0.3 is 14.6 Å². The van der Waals surface area contributed by atoms with Crippen LogP contribution in [0, 0.1) is 5.82 Å². The van der Waals surface area contributed by atoms with Crippen LogP contribution in [-0.4, -0.2) is 36.0 Å². The van der Waals surface area contributed by atoms with Gasteiger partial charge in [-0.05, 0) is 62.1 Å². The number of hydrogen-bond acceptors (Lipinski definition) is 3. The van der Waals surface area contributed by atoms with Crippen molar-refractivity contribution in [3.63, 3.8) is 0 Å². The standard InChI is InChI=1S/C19H21FN2O2/c1-22(16-10-14-6-7-15(11-16)21-14)19(23)18-9-8-17(24-18)12-2-4-13(20)5-3-12/h2-5,8-9,14-16,21H,6-7,10-11H2,1H3. The van der Waals surface area contributed by atoms with Crippen LogP contribution in [0.15, 0.2) is 40.8 Å². The first-order chi connectivity index (χ1) is 11.6. The maximum atomic E-state index is 13.0. The van der Waals surface area contributed by atoms with E-state index in [1.807, 2.05) is 11.9 Å². The van der Waals surface area contributed by atoms with E-state index in [0.29, 0.717) is 23.6 Å². The Morgan fingerprint density at radius 3 is 2.46 bits per heavy atom. The summed E-state index contributed by atoms with van der Waals surface area (Å²) in [5.74, 6) is 0.538. The van der Waals surface area contributed by atoms with E-state index < -0.39 is 0 Å². The minimum absolute atomic E-state index is 0.0883. The molecule has 2 aliphatic rings. The van der Waals surface area contributed by atoms with Crippen molar-refractivity contribution in [3.8, 4) is 11.3 Å². The van der Waals surface area contributed by atoms with Crippen molar-refractivity contribution in [2.75, 3.05) is 7.05 Å². The molecule has 126 valence electrons. The molecule has 0 spiro atoms. The Bertz CT molecular complexity index is 728. The molecule has 0 aliphatic carbocycles. The van der Waals surface area contributed by atoms with Gasteiger partial charge in [0.1, 0.15) is 11.6 Å². The number of halogens is 1. The molecule has 4 rings (SSSR count). The lowest BCUT2D eigenvalue weighted by Gasteiger charge is -2.35. The summed E-state index contributed by atoms with van der Waals surface area (Å²) >= 11 is 0. The lowest BCUT2D eigenvalue weighted by atomic mass is 9.98. The first-order valence-electron chi connectivity index (χ1n) is 8.49. The molecule has 1 N–H and O–H groups in total. The number of hydrogen-bond donors (Lipinski definition) is 1. The van der Waals surface area contributed by atoms with Crippen LogP contribution in [0.4, 0.5) is 4.39 Å². The summed E-state index contributed by atoms with van der Waals surface area (Å²) in [6.45, 7) is 0. The molecule has 2 unspecified atom stereocenters. The Labute approximate surface area is 140 Å². The van der Waals surface area contributed by atoms with E-state index in [1.165, 1.54) is 25.0 Å². The van der Waals surface area contributed by atoms with Crippen LogP contribution in [0.2, 0.25) is 0 Å². The minimum atomic E-state index is -0.290. The maximum Gasteiger partial charge on any atom is 0.289 e. The number of rotatable bonds is 3. The zero-order valence-corrected chi connectivity index (χ0v) is 13.7. The van der Waals surface area contributed by atoms with E-state index in [0.717, 1.165) is 18.4 Å². The second-order valence-electron chi connectivity index (χ2n) is 6.85. The molecule has 4 nitrogen and oxygen atoms in total. The van der Waals surface area contributed by atoms with Crippen molar-refractivity contribution in [2.45, 2.75) is 43.8 Å². The van der Waals surface area contributed by atoms with E-state index in [9.17, 15) is 9.18 Å². The molecule has 24 heavy (non-hydrogen) atoms. The number of piperidine rings is 1. The fraction of sp³-hybridized carbons (Fsp3) is 0.421. The van der Waals surface area contributed by atoms with Gasteiger partial charge in [0.15, 0.2) is 5.76 Å². The number of carbonyl (C=O) groups is 1. The topological polar surface area (TPSA) is 45.5 Å². The fourth-order valence-corrected chi connectivity index (χ4v) is 3.91. The van der Waals surface area contributed by atoms with Crippen molar-refractivity contribution >= 4 is 5.91 Å². The van der Waals surface area contributed by atoms with Crippen molar-refractivity contribution in [3.05, 3.63) is 48.0 Å². The van der Waals surface area contributed by atoms with Crippen LogP contribution in [-0.2, 0) is 0 Å². The Hall–Kier alpha value is -2.14. The molecule has 2 bridgehead atoms. The molecule has 3 heterocycles. The largest absolute Gasteiger partial charge is 0.451 e. The van der Waals surface area contributed by atoms with Crippen LogP contribution in [0.1, 0.15) is 36.2 Å². The summed E-state index contributed by atoms with van der Waals surface area (Å²) in [4.78, 5) is 14.5. The molecule has 2 aliphatic heterocycles. The number of nitrogens with zero attached hydrogens (tertiary/aromatic N) is 1. The van der Waals surface area contributed by atoms with Crippen LogP contribution >= 0.6 is 0 Å².